The van der Waals surface area contributed by atoms with Crippen molar-refractivity contribution in [1.82, 2.24) is 0 Å². The van der Waals surface area contributed by atoms with Crippen LogP contribution in [-0.4, -0.2) is 6.10 Å². The Bertz CT molecular complexity index is 769. The van der Waals surface area contributed by atoms with Gasteiger partial charge in [0.05, 0.1) is 6.10 Å². The first-order valence-electron chi connectivity index (χ1n) is 10.3. The van der Waals surface area contributed by atoms with Gasteiger partial charge in [-0.15, -0.1) is 6.58 Å². The van der Waals surface area contributed by atoms with E-state index >= 15 is 0 Å². The molecule has 1 atom stereocenters. The first-order chi connectivity index (χ1) is 13.8. The maximum absolute atomic E-state index is 7.03. The van der Waals surface area contributed by atoms with Crippen LogP contribution in [-0.2, 0) is 10.3 Å². The van der Waals surface area contributed by atoms with Gasteiger partial charge in [0.1, 0.15) is 5.60 Å². The van der Waals surface area contributed by atoms with Crippen LogP contribution in [0.3, 0.4) is 0 Å². The summed E-state index contributed by atoms with van der Waals surface area (Å²) in [6.07, 6.45) is 6.99. The summed E-state index contributed by atoms with van der Waals surface area (Å²) >= 11 is 0. The minimum Gasteiger partial charge on any atom is -0.354 e. The molecule has 28 heavy (non-hydrogen) atoms. The molecular formula is C27H28O. The van der Waals surface area contributed by atoms with Crippen molar-refractivity contribution in [3.63, 3.8) is 0 Å². The zero-order chi connectivity index (χ0) is 19.2. The van der Waals surface area contributed by atoms with Gasteiger partial charge in [0.15, 0.2) is 0 Å². The van der Waals surface area contributed by atoms with E-state index in [9.17, 15) is 0 Å². The van der Waals surface area contributed by atoms with E-state index in [0.717, 1.165) is 29.0 Å². The minimum absolute atomic E-state index is 0.00548. The average Bonchev–Trinajstić information content (AvgIpc) is 2.75. The second-order valence-corrected chi connectivity index (χ2v) is 7.70. The lowest BCUT2D eigenvalue weighted by atomic mass is 9.78. The first-order valence-corrected chi connectivity index (χ1v) is 10.3. The zero-order valence-electron chi connectivity index (χ0n) is 16.3. The van der Waals surface area contributed by atoms with E-state index in [-0.39, 0.29) is 6.10 Å². The summed E-state index contributed by atoms with van der Waals surface area (Å²) in [5.41, 5.74) is 2.78. The molecule has 0 N–H and O–H groups in total. The number of ether oxygens (including phenoxy) is 1. The Morgan fingerprint density at radius 2 is 1.21 bits per heavy atom. The lowest BCUT2D eigenvalue weighted by molar-refractivity contribution is -0.0385. The van der Waals surface area contributed by atoms with E-state index < -0.39 is 5.60 Å². The Hall–Kier alpha value is -2.64. The van der Waals surface area contributed by atoms with Gasteiger partial charge in [-0.3, -0.25) is 0 Å². The van der Waals surface area contributed by atoms with Crippen LogP contribution in [0.15, 0.2) is 104 Å². The summed E-state index contributed by atoms with van der Waals surface area (Å²) < 4.78 is 7.03. The minimum atomic E-state index is -0.660. The van der Waals surface area contributed by atoms with Gasteiger partial charge in [-0.1, -0.05) is 116 Å². The average molecular weight is 369 g/mol. The molecule has 1 aliphatic rings. The van der Waals surface area contributed by atoms with Crippen molar-refractivity contribution in [2.45, 2.75) is 37.4 Å². The smallest absolute Gasteiger partial charge is 0.144 e. The van der Waals surface area contributed by atoms with Crippen LogP contribution < -0.4 is 0 Å². The molecule has 0 amide bonds. The van der Waals surface area contributed by atoms with Crippen LogP contribution in [0.5, 0.6) is 0 Å². The van der Waals surface area contributed by atoms with Crippen LogP contribution in [0.25, 0.3) is 0 Å². The molecule has 0 aromatic heterocycles. The summed E-state index contributed by atoms with van der Waals surface area (Å²) in [5.74, 6) is 0.753. The molecule has 0 radical (unpaired) electrons. The standard InChI is InChI=1S/C27H28O/c1-2-26(21-22-13-12-14-22)28-27(23-15-6-3-7-16-23,24-17-8-4-9-18-24)25-19-10-5-11-20-25/h2-11,15-20,22,26H,1,12-14,21H2. The molecule has 1 unspecified atom stereocenters. The number of hydrogen-bond donors (Lipinski definition) is 0. The van der Waals surface area contributed by atoms with E-state index in [1.54, 1.807) is 0 Å². The van der Waals surface area contributed by atoms with Crippen molar-refractivity contribution in [2.75, 3.05) is 0 Å². The van der Waals surface area contributed by atoms with Gasteiger partial charge in [-0.05, 0) is 29.0 Å². The van der Waals surface area contributed by atoms with Gasteiger partial charge >= 0.3 is 0 Å². The van der Waals surface area contributed by atoms with Crippen molar-refractivity contribution < 1.29 is 4.74 Å². The van der Waals surface area contributed by atoms with E-state index in [4.69, 9.17) is 4.74 Å². The number of benzene rings is 3. The molecule has 142 valence electrons. The Labute approximate surface area is 168 Å². The molecule has 0 bridgehead atoms. The Morgan fingerprint density at radius 3 is 1.54 bits per heavy atom. The van der Waals surface area contributed by atoms with Gasteiger partial charge < -0.3 is 4.74 Å². The summed E-state index contributed by atoms with van der Waals surface area (Å²) in [4.78, 5) is 0. The second-order valence-electron chi connectivity index (χ2n) is 7.70. The van der Waals surface area contributed by atoms with Crippen molar-refractivity contribution in [2.24, 2.45) is 5.92 Å². The van der Waals surface area contributed by atoms with Gasteiger partial charge in [-0.25, -0.2) is 0 Å². The Morgan fingerprint density at radius 1 is 0.786 bits per heavy atom. The largest absolute Gasteiger partial charge is 0.354 e. The molecular weight excluding hydrogens is 340 g/mol. The second kappa shape index (κ2) is 8.58. The highest BCUT2D eigenvalue weighted by molar-refractivity contribution is 5.47. The molecule has 4 rings (SSSR count). The predicted octanol–water partition coefficient (Wildman–Crippen LogP) is 6.74. The Kier molecular flexibility index (Phi) is 5.73. The topological polar surface area (TPSA) is 9.23 Å². The third-order valence-corrected chi connectivity index (χ3v) is 5.92. The van der Waals surface area contributed by atoms with Gasteiger partial charge in [0.25, 0.3) is 0 Å². The fraction of sp³-hybridized carbons (Fsp3) is 0.259. The number of hydrogen-bond acceptors (Lipinski definition) is 1. The van der Waals surface area contributed by atoms with Gasteiger partial charge in [0, 0.05) is 0 Å². The highest BCUT2D eigenvalue weighted by Crippen LogP contribution is 2.43. The van der Waals surface area contributed by atoms with Crippen LogP contribution in [0.4, 0.5) is 0 Å². The fourth-order valence-corrected chi connectivity index (χ4v) is 4.20. The summed E-state index contributed by atoms with van der Waals surface area (Å²) in [5, 5.41) is 0. The molecule has 1 aliphatic carbocycles. The molecule has 3 aromatic rings. The van der Waals surface area contributed by atoms with Crippen LogP contribution in [0.1, 0.15) is 42.4 Å². The van der Waals surface area contributed by atoms with Crippen molar-refractivity contribution in [1.29, 1.82) is 0 Å². The SMILES string of the molecule is C=CC(CC1CCC1)OC(c1ccccc1)(c1ccccc1)c1ccccc1. The first kappa shape index (κ1) is 18.7. The Balaban J connectivity index is 1.86. The van der Waals surface area contributed by atoms with Crippen molar-refractivity contribution in [3.05, 3.63) is 120 Å². The maximum Gasteiger partial charge on any atom is 0.144 e. The summed E-state index contributed by atoms with van der Waals surface area (Å²) in [6.45, 7) is 4.11. The highest BCUT2D eigenvalue weighted by Gasteiger charge is 2.39. The van der Waals surface area contributed by atoms with Gasteiger partial charge in [0.2, 0.25) is 0 Å². The van der Waals surface area contributed by atoms with Crippen LogP contribution >= 0.6 is 0 Å². The molecule has 0 saturated heterocycles. The van der Waals surface area contributed by atoms with Crippen LogP contribution in [0.2, 0.25) is 0 Å². The van der Waals surface area contributed by atoms with E-state index in [1.165, 1.54) is 19.3 Å². The fourth-order valence-electron chi connectivity index (χ4n) is 4.20. The van der Waals surface area contributed by atoms with Crippen molar-refractivity contribution in [3.8, 4) is 0 Å². The molecule has 0 spiro atoms. The summed E-state index contributed by atoms with van der Waals surface area (Å²) in [6, 6.07) is 31.7. The molecule has 0 heterocycles. The van der Waals surface area contributed by atoms with E-state index in [0.29, 0.717) is 0 Å². The third-order valence-electron chi connectivity index (χ3n) is 5.92. The summed E-state index contributed by atoms with van der Waals surface area (Å²) in [7, 11) is 0. The molecule has 3 aromatic carbocycles. The van der Waals surface area contributed by atoms with E-state index in [1.807, 2.05) is 6.08 Å². The molecule has 1 saturated carbocycles. The third kappa shape index (κ3) is 3.68. The lowest BCUT2D eigenvalue weighted by Crippen LogP contribution is -2.37. The normalized spacial score (nSPS) is 15.6. The molecule has 1 fully saturated rings. The van der Waals surface area contributed by atoms with Gasteiger partial charge in [-0.2, -0.15) is 0 Å². The van der Waals surface area contributed by atoms with E-state index in [2.05, 4.69) is 97.6 Å². The number of rotatable bonds is 8. The predicted molar refractivity (Wildman–Crippen MR) is 116 cm³/mol. The molecule has 0 aliphatic heterocycles. The zero-order valence-corrected chi connectivity index (χ0v) is 16.3. The monoisotopic (exact) mass is 368 g/mol. The quantitative estimate of drug-likeness (QED) is 0.316. The van der Waals surface area contributed by atoms with Crippen molar-refractivity contribution >= 4 is 0 Å². The molecule has 1 nitrogen and oxygen atoms in total. The lowest BCUT2D eigenvalue weighted by Gasteiger charge is -2.40. The van der Waals surface area contributed by atoms with Crippen LogP contribution in [0, 0.1) is 5.92 Å². The highest BCUT2D eigenvalue weighted by atomic mass is 16.5. The maximum atomic E-state index is 7.03. The molecule has 1 heteroatoms.